The van der Waals surface area contributed by atoms with Crippen LogP contribution in [0.25, 0.3) is 10.2 Å². The van der Waals surface area contributed by atoms with E-state index in [1.54, 1.807) is 53.8 Å². The van der Waals surface area contributed by atoms with Crippen LogP contribution in [0.3, 0.4) is 0 Å². The Bertz CT molecular complexity index is 1850. The van der Waals surface area contributed by atoms with E-state index in [2.05, 4.69) is 4.98 Å². The first-order valence-corrected chi connectivity index (χ1v) is 16.4. The molecule has 0 bridgehead atoms. The Morgan fingerprint density at radius 2 is 1.63 bits per heavy atom. The number of allylic oxidation sites excluding steroid dienone is 4. The van der Waals surface area contributed by atoms with E-state index in [4.69, 9.17) is 14.8 Å². The Kier molecular flexibility index (Phi) is 11.1. The highest BCUT2D eigenvalue weighted by atomic mass is 32.1. The van der Waals surface area contributed by atoms with Gasteiger partial charge in [-0.15, -0.1) is 16.4 Å². The number of carbonyl (C=O) groups excluding carboxylic acids is 7. The molecule has 1 aromatic heterocycles. The third-order valence-electron chi connectivity index (χ3n) is 8.51. The molecular weight excluding hydrogens is 654 g/mol. The molecule has 0 spiro atoms. The van der Waals surface area contributed by atoms with Gasteiger partial charge in [-0.05, 0) is 39.3 Å². The molecule has 1 fully saturated rings. The first kappa shape index (κ1) is 36.6. The highest BCUT2D eigenvalue weighted by Crippen LogP contribution is 2.39. The van der Waals surface area contributed by atoms with Gasteiger partial charge in [0.05, 0.1) is 10.2 Å². The summed E-state index contributed by atoms with van der Waals surface area (Å²) >= 11 is 1.14. The summed E-state index contributed by atoms with van der Waals surface area (Å²) in [6.45, 7) is 8.34. The number of amides is 4. The molecule has 4 amide bonds. The van der Waals surface area contributed by atoms with Crippen molar-refractivity contribution in [3.8, 4) is 11.8 Å². The van der Waals surface area contributed by atoms with Crippen LogP contribution in [0, 0.1) is 16.7 Å². The summed E-state index contributed by atoms with van der Waals surface area (Å²) in [6.07, 6.45) is -1.06. The molecule has 1 aliphatic heterocycles. The lowest BCUT2D eigenvalue weighted by molar-refractivity contribution is -0.197. The second-order valence-electron chi connectivity index (χ2n) is 12.5. The van der Waals surface area contributed by atoms with Crippen LogP contribution in [0.2, 0.25) is 0 Å². The zero-order valence-electron chi connectivity index (χ0n) is 28.2. The van der Waals surface area contributed by atoms with Gasteiger partial charge >= 0.3 is 12.1 Å². The number of ether oxygens (including phenoxy) is 1. The largest absolute Gasteiger partial charge is 0.415 e. The molecule has 0 atom stereocenters. The standard InChI is InChI=1S/C34H37N5O9S/c1-19-20(2)32(45)30(21(3)31(19)44)34(4,5)17-28(42)37(6)14-15-38(13-7-8-29(43)48-39-26(40)11-12-27(39)41)33(46)47-22-9-10-23-24(16-22)49-25(18-35)36-23/h9-10,16H,7-8,11-15,17H2,1-6H3. The Labute approximate surface area is 286 Å². The molecule has 2 heterocycles. The summed E-state index contributed by atoms with van der Waals surface area (Å²) in [5.74, 6) is -2.65. The number of Topliss-reactive ketones (excluding diaryl/α,β-unsaturated/α-hetero) is 2. The number of rotatable bonds is 12. The van der Waals surface area contributed by atoms with Gasteiger partial charge in [-0.3, -0.25) is 24.0 Å². The molecule has 1 saturated heterocycles. The van der Waals surface area contributed by atoms with Crippen LogP contribution in [-0.2, 0) is 33.6 Å². The van der Waals surface area contributed by atoms with Crippen LogP contribution in [-0.4, -0.2) is 87.9 Å². The Morgan fingerprint density at radius 1 is 0.980 bits per heavy atom. The minimum absolute atomic E-state index is 0.00120. The van der Waals surface area contributed by atoms with Gasteiger partial charge in [0.2, 0.25) is 5.91 Å². The molecule has 0 N–H and O–H groups in total. The SMILES string of the molecule is CC1=C(C)C(=O)C(C(C)(C)CC(=O)N(C)CCN(CCCC(=O)ON2C(=O)CCC2=O)C(=O)Oc2ccc3nc(C#N)sc3c2)=C(C)C1=O. The molecular formula is C34H37N5O9S. The topological polar surface area (TPSA) is 184 Å². The Balaban J connectivity index is 1.43. The number of carbonyl (C=O) groups is 7. The number of hydrogen-bond donors (Lipinski definition) is 0. The minimum Gasteiger partial charge on any atom is -0.410 e. The number of thiazole rings is 1. The van der Waals surface area contributed by atoms with E-state index in [1.165, 1.54) is 15.9 Å². The van der Waals surface area contributed by atoms with Gasteiger partial charge in [-0.1, -0.05) is 13.8 Å². The zero-order chi connectivity index (χ0) is 36.2. The average molecular weight is 692 g/mol. The zero-order valence-corrected chi connectivity index (χ0v) is 29.0. The van der Waals surface area contributed by atoms with Gasteiger partial charge < -0.3 is 19.4 Å². The minimum atomic E-state index is -0.956. The molecule has 0 unspecified atom stereocenters. The third kappa shape index (κ3) is 8.26. The molecule has 14 nitrogen and oxygen atoms in total. The van der Waals surface area contributed by atoms with Gasteiger partial charge in [0, 0.05) is 86.1 Å². The van der Waals surface area contributed by atoms with Crippen LogP contribution in [0.1, 0.15) is 71.7 Å². The summed E-state index contributed by atoms with van der Waals surface area (Å²) in [7, 11) is 1.55. The number of aromatic nitrogens is 1. The average Bonchev–Trinajstić information content (AvgIpc) is 3.61. The van der Waals surface area contributed by atoms with Crippen LogP contribution in [0.4, 0.5) is 4.79 Å². The lowest BCUT2D eigenvalue weighted by Gasteiger charge is -2.33. The van der Waals surface area contributed by atoms with Crippen molar-refractivity contribution in [1.82, 2.24) is 19.8 Å². The summed E-state index contributed by atoms with van der Waals surface area (Å²) in [4.78, 5) is 100. The van der Waals surface area contributed by atoms with E-state index in [0.29, 0.717) is 37.6 Å². The Hall–Kier alpha value is -5.23. The maximum atomic E-state index is 13.4. The molecule has 0 radical (unpaired) electrons. The van der Waals surface area contributed by atoms with Crippen molar-refractivity contribution in [3.63, 3.8) is 0 Å². The number of nitriles is 1. The first-order valence-electron chi connectivity index (χ1n) is 15.6. The van der Waals surface area contributed by atoms with E-state index < -0.39 is 29.3 Å². The number of benzene rings is 1. The van der Waals surface area contributed by atoms with Crippen molar-refractivity contribution in [2.75, 3.05) is 26.7 Å². The molecule has 1 aliphatic carbocycles. The highest BCUT2D eigenvalue weighted by Gasteiger charge is 2.39. The molecule has 2 aromatic rings. The molecule has 4 rings (SSSR count). The fraction of sp³-hybridized carbons (Fsp3) is 0.441. The number of hydrogen-bond acceptors (Lipinski definition) is 12. The smallest absolute Gasteiger partial charge is 0.410 e. The van der Waals surface area contributed by atoms with Gasteiger partial charge in [0.1, 0.15) is 11.8 Å². The molecule has 2 aliphatic rings. The lowest BCUT2D eigenvalue weighted by Crippen LogP contribution is -2.42. The van der Waals surface area contributed by atoms with E-state index in [9.17, 15) is 33.6 Å². The van der Waals surface area contributed by atoms with Crippen LogP contribution in [0.5, 0.6) is 5.75 Å². The lowest BCUT2D eigenvalue weighted by atomic mass is 9.71. The normalized spacial score (nSPS) is 15.2. The Morgan fingerprint density at radius 3 is 2.29 bits per heavy atom. The van der Waals surface area contributed by atoms with Crippen molar-refractivity contribution in [2.45, 2.75) is 66.7 Å². The number of hydroxylamine groups is 2. The quantitative estimate of drug-likeness (QED) is 0.231. The summed E-state index contributed by atoms with van der Waals surface area (Å²) in [6, 6.07) is 6.71. The van der Waals surface area contributed by atoms with E-state index in [0.717, 1.165) is 11.3 Å². The van der Waals surface area contributed by atoms with Gasteiger partial charge in [0.25, 0.3) is 11.8 Å². The van der Waals surface area contributed by atoms with Gasteiger partial charge in [-0.25, -0.2) is 14.6 Å². The second-order valence-corrected chi connectivity index (χ2v) is 13.6. The van der Waals surface area contributed by atoms with Crippen molar-refractivity contribution in [1.29, 1.82) is 5.26 Å². The summed E-state index contributed by atoms with van der Waals surface area (Å²) in [5.41, 5.74) is 0.985. The van der Waals surface area contributed by atoms with Crippen molar-refractivity contribution in [2.24, 2.45) is 5.41 Å². The van der Waals surface area contributed by atoms with Crippen LogP contribution >= 0.6 is 11.3 Å². The van der Waals surface area contributed by atoms with E-state index >= 15 is 0 Å². The number of imide groups is 1. The number of ketones is 2. The first-order chi connectivity index (χ1) is 23.0. The van der Waals surface area contributed by atoms with Crippen LogP contribution < -0.4 is 4.74 Å². The molecule has 0 saturated carbocycles. The fourth-order valence-corrected chi connectivity index (χ4v) is 6.39. The number of fused-ring (bicyclic) bond motifs is 1. The van der Waals surface area contributed by atoms with Gasteiger partial charge in [-0.2, -0.15) is 5.26 Å². The fourth-order valence-electron chi connectivity index (χ4n) is 5.60. The van der Waals surface area contributed by atoms with Crippen molar-refractivity contribution in [3.05, 3.63) is 45.5 Å². The number of likely N-dealkylation sites (N-methyl/N-ethyl adjacent to an activating group) is 1. The molecule has 49 heavy (non-hydrogen) atoms. The summed E-state index contributed by atoms with van der Waals surface area (Å²) in [5, 5.41) is 9.87. The van der Waals surface area contributed by atoms with E-state index in [1.807, 2.05) is 6.07 Å². The number of nitrogens with zero attached hydrogens (tertiary/aromatic N) is 5. The summed E-state index contributed by atoms with van der Waals surface area (Å²) < 4.78 is 6.25. The maximum absolute atomic E-state index is 13.4. The highest BCUT2D eigenvalue weighted by molar-refractivity contribution is 7.19. The second kappa shape index (κ2) is 14.9. The van der Waals surface area contributed by atoms with Crippen LogP contribution in [0.15, 0.2) is 40.5 Å². The predicted octanol–water partition coefficient (Wildman–Crippen LogP) is 4.04. The third-order valence-corrected chi connectivity index (χ3v) is 9.44. The molecule has 15 heteroatoms. The van der Waals surface area contributed by atoms with Crippen molar-refractivity contribution >= 4 is 62.9 Å². The van der Waals surface area contributed by atoms with E-state index in [-0.39, 0.29) is 80.0 Å². The molecule has 258 valence electrons. The maximum Gasteiger partial charge on any atom is 0.415 e. The van der Waals surface area contributed by atoms with Gasteiger partial charge in [0.15, 0.2) is 16.6 Å². The molecule has 1 aromatic carbocycles. The monoisotopic (exact) mass is 691 g/mol. The predicted molar refractivity (Wildman–Crippen MR) is 175 cm³/mol. The van der Waals surface area contributed by atoms with Crippen molar-refractivity contribution < 1.29 is 43.1 Å².